The molecule has 1 atom stereocenters. The molecule has 0 radical (unpaired) electrons. The van der Waals surface area contributed by atoms with Gasteiger partial charge in [0.25, 0.3) is 8.53 Å². The highest BCUT2D eigenvalue weighted by Crippen LogP contribution is 2.46. The molecule has 0 aliphatic rings. The van der Waals surface area contributed by atoms with Gasteiger partial charge in [0.2, 0.25) is 0 Å². The van der Waals surface area contributed by atoms with Gasteiger partial charge in [0, 0.05) is 26.3 Å². The van der Waals surface area contributed by atoms with Crippen LogP contribution in [0, 0.1) is 0 Å². The van der Waals surface area contributed by atoms with Crippen molar-refractivity contribution < 1.29 is 27.4 Å². The van der Waals surface area contributed by atoms with Crippen molar-refractivity contribution in [3.8, 4) is 0 Å². The third kappa shape index (κ3) is 9.79. The van der Waals surface area contributed by atoms with Crippen molar-refractivity contribution in [3.63, 3.8) is 0 Å². The lowest BCUT2D eigenvalue weighted by molar-refractivity contribution is 0.0935. The molecule has 0 saturated carbocycles. The molecule has 0 aliphatic carbocycles. The Kier molecular flexibility index (Phi) is 13.8. The molecule has 0 saturated heterocycles. The van der Waals surface area contributed by atoms with Crippen LogP contribution in [0.2, 0.25) is 0 Å². The van der Waals surface area contributed by atoms with Crippen molar-refractivity contribution in [3.05, 3.63) is 0 Å². The summed E-state index contributed by atoms with van der Waals surface area (Å²) in [6.07, 6.45) is 1.18. The minimum Gasteiger partial charge on any atom is -0.378 e. The van der Waals surface area contributed by atoms with E-state index in [2.05, 4.69) is 39.3 Å². The second-order valence-corrected chi connectivity index (χ2v) is 9.64. The number of rotatable bonds is 15. The Labute approximate surface area is 148 Å². The zero-order valence-electron chi connectivity index (χ0n) is 16.2. The first kappa shape index (κ1) is 24.4. The van der Waals surface area contributed by atoms with Crippen molar-refractivity contribution in [1.29, 1.82) is 0 Å². The van der Waals surface area contributed by atoms with Crippen molar-refractivity contribution in [1.82, 2.24) is 4.67 Å². The first-order valence-electron chi connectivity index (χ1n) is 8.43. The SMILES string of the molecule is CCCOP(OCCOCCP(=O)(OC)OC)N(C(C)C)C(C)C. The molecule has 0 aromatic carbocycles. The quantitative estimate of drug-likeness (QED) is 0.307. The Bertz CT molecular complexity index is 341. The average Bonchev–Trinajstić information content (AvgIpc) is 2.54. The summed E-state index contributed by atoms with van der Waals surface area (Å²) in [6.45, 7) is 12.4. The van der Waals surface area contributed by atoms with Crippen molar-refractivity contribution in [2.75, 3.05) is 46.8 Å². The molecule has 0 amide bonds. The van der Waals surface area contributed by atoms with E-state index in [0.717, 1.165) is 6.42 Å². The lowest BCUT2D eigenvalue weighted by atomic mass is 10.3. The van der Waals surface area contributed by atoms with E-state index >= 15 is 0 Å². The fraction of sp³-hybridized carbons (Fsp3) is 1.00. The van der Waals surface area contributed by atoms with E-state index in [1.165, 1.54) is 14.2 Å². The van der Waals surface area contributed by atoms with Gasteiger partial charge in [0.05, 0.1) is 32.6 Å². The molecule has 0 spiro atoms. The van der Waals surface area contributed by atoms with E-state index in [-0.39, 0.29) is 6.16 Å². The van der Waals surface area contributed by atoms with Crippen LogP contribution in [0.4, 0.5) is 0 Å². The van der Waals surface area contributed by atoms with Crippen molar-refractivity contribution >= 4 is 16.1 Å². The molecule has 9 heteroatoms. The van der Waals surface area contributed by atoms with Gasteiger partial charge in [0.1, 0.15) is 0 Å². The van der Waals surface area contributed by atoms with Crippen LogP contribution in [-0.4, -0.2) is 63.6 Å². The van der Waals surface area contributed by atoms with E-state index in [1.807, 2.05) is 0 Å². The number of hydrogen-bond donors (Lipinski definition) is 0. The molecule has 7 nitrogen and oxygen atoms in total. The summed E-state index contributed by atoms with van der Waals surface area (Å²) in [5.74, 6) is 0. The number of nitrogens with zero attached hydrogens (tertiary/aromatic N) is 1. The Morgan fingerprint density at radius 1 is 0.917 bits per heavy atom. The van der Waals surface area contributed by atoms with E-state index < -0.39 is 16.1 Å². The van der Waals surface area contributed by atoms with Gasteiger partial charge < -0.3 is 22.8 Å². The molecule has 0 N–H and O–H groups in total. The summed E-state index contributed by atoms with van der Waals surface area (Å²) < 4.78 is 41.1. The summed E-state index contributed by atoms with van der Waals surface area (Å²) in [5, 5.41) is 0. The van der Waals surface area contributed by atoms with E-state index in [4.69, 9.17) is 22.8 Å². The number of ether oxygens (including phenoxy) is 1. The minimum atomic E-state index is -3.00. The van der Waals surface area contributed by atoms with Gasteiger partial charge in [-0.1, -0.05) is 6.92 Å². The van der Waals surface area contributed by atoms with E-state index in [1.54, 1.807) is 0 Å². The average molecular weight is 387 g/mol. The van der Waals surface area contributed by atoms with Crippen LogP contribution in [0.1, 0.15) is 41.0 Å². The van der Waals surface area contributed by atoms with Crippen LogP contribution in [-0.2, 0) is 27.4 Å². The van der Waals surface area contributed by atoms with Gasteiger partial charge in [-0.2, -0.15) is 0 Å². The summed E-state index contributed by atoms with van der Waals surface area (Å²) in [4.78, 5) is 0. The van der Waals surface area contributed by atoms with Gasteiger partial charge in [-0.3, -0.25) is 4.57 Å². The maximum Gasteiger partial charge on any atom is 0.332 e. The van der Waals surface area contributed by atoms with E-state index in [9.17, 15) is 4.57 Å². The molecule has 0 bridgehead atoms. The van der Waals surface area contributed by atoms with Crippen molar-refractivity contribution in [2.45, 2.75) is 53.1 Å². The molecule has 0 aliphatic heterocycles. The largest absolute Gasteiger partial charge is 0.378 e. The Morgan fingerprint density at radius 2 is 1.46 bits per heavy atom. The Balaban J connectivity index is 4.26. The molecular formula is C15H35NO6P2. The second-order valence-electron chi connectivity index (χ2n) is 5.78. The topological polar surface area (TPSA) is 66.5 Å². The fourth-order valence-corrected chi connectivity index (χ4v) is 4.56. The summed E-state index contributed by atoms with van der Waals surface area (Å²) in [7, 11) is -1.36. The molecule has 146 valence electrons. The standard InChI is InChI=1S/C15H35NO6P2/c1-8-9-21-23(16(14(2)3)15(4)5)22-11-10-20-12-13-24(17,18-6)19-7/h14-15H,8-13H2,1-7H3. The Hall–Kier alpha value is 0.420. The summed E-state index contributed by atoms with van der Waals surface area (Å²) >= 11 is 0. The molecule has 24 heavy (non-hydrogen) atoms. The van der Waals surface area contributed by atoms with Crippen LogP contribution in [0.15, 0.2) is 0 Å². The highest BCUT2D eigenvalue weighted by molar-refractivity contribution is 7.53. The molecule has 0 rings (SSSR count). The van der Waals surface area contributed by atoms with Crippen LogP contribution >= 0.6 is 16.1 Å². The summed E-state index contributed by atoms with van der Waals surface area (Å²) in [5.41, 5.74) is 0. The normalized spacial score (nSPS) is 14.1. The highest BCUT2D eigenvalue weighted by atomic mass is 31.2. The van der Waals surface area contributed by atoms with Gasteiger partial charge in [-0.25, -0.2) is 4.67 Å². The van der Waals surface area contributed by atoms with Crippen LogP contribution in [0.3, 0.4) is 0 Å². The third-order valence-corrected chi connectivity index (χ3v) is 7.10. The van der Waals surface area contributed by atoms with Gasteiger partial charge in [0.15, 0.2) is 0 Å². The lowest BCUT2D eigenvalue weighted by Gasteiger charge is -2.35. The van der Waals surface area contributed by atoms with Crippen LogP contribution in [0.5, 0.6) is 0 Å². The minimum absolute atomic E-state index is 0.227. The van der Waals surface area contributed by atoms with Crippen LogP contribution < -0.4 is 0 Å². The molecule has 1 unspecified atom stereocenters. The first-order valence-corrected chi connectivity index (χ1v) is 11.3. The van der Waals surface area contributed by atoms with Crippen molar-refractivity contribution in [2.24, 2.45) is 0 Å². The maximum absolute atomic E-state index is 11.9. The molecule has 0 aromatic rings. The molecule has 0 heterocycles. The highest BCUT2D eigenvalue weighted by Gasteiger charge is 2.27. The van der Waals surface area contributed by atoms with Gasteiger partial charge >= 0.3 is 7.60 Å². The van der Waals surface area contributed by atoms with E-state index in [0.29, 0.717) is 38.5 Å². The smallest absolute Gasteiger partial charge is 0.332 e. The number of hydrogen-bond acceptors (Lipinski definition) is 7. The summed E-state index contributed by atoms with van der Waals surface area (Å²) in [6, 6.07) is 0.673. The third-order valence-electron chi connectivity index (χ3n) is 3.15. The lowest BCUT2D eigenvalue weighted by Crippen LogP contribution is -2.34. The molecule has 0 fully saturated rings. The van der Waals surface area contributed by atoms with Gasteiger partial charge in [-0.15, -0.1) is 0 Å². The zero-order chi connectivity index (χ0) is 18.6. The Morgan fingerprint density at radius 3 is 1.92 bits per heavy atom. The van der Waals surface area contributed by atoms with Gasteiger partial charge in [-0.05, 0) is 34.1 Å². The molecular weight excluding hydrogens is 352 g/mol. The first-order chi connectivity index (χ1) is 11.3. The zero-order valence-corrected chi connectivity index (χ0v) is 18.0. The maximum atomic E-state index is 11.9. The molecule has 0 aromatic heterocycles. The second kappa shape index (κ2) is 13.6. The predicted molar refractivity (Wildman–Crippen MR) is 98.5 cm³/mol. The van der Waals surface area contributed by atoms with Crippen LogP contribution in [0.25, 0.3) is 0 Å². The fourth-order valence-electron chi connectivity index (χ4n) is 2.02. The monoisotopic (exact) mass is 387 g/mol. The predicted octanol–water partition coefficient (Wildman–Crippen LogP) is 4.28.